The molecule has 0 heterocycles. The van der Waals surface area contributed by atoms with Gasteiger partial charge in [-0.2, -0.15) is 0 Å². The Morgan fingerprint density at radius 1 is 1.17 bits per heavy atom. The summed E-state index contributed by atoms with van der Waals surface area (Å²) in [5, 5.41) is 0. The van der Waals surface area contributed by atoms with Crippen LogP contribution in [0.1, 0.15) is 52.4 Å². The average Bonchev–Trinajstić information content (AvgIpc) is 2.30. The molecule has 0 aromatic heterocycles. The van der Waals surface area contributed by atoms with E-state index in [-0.39, 0.29) is 5.54 Å². The van der Waals surface area contributed by atoms with Crippen LogP contribution in [-0.4, -0.2) is 55.1 Å². The molecule has 0 aliphatic heterocycles. The van der Waals surface area contributed by atoms with E-state index in [9.17, 15) is 0 Å². The minimum atomic E-state index is 0.202. The van der Waals surface area contributed by atoms with Gasteiger partial charge < -0.3 is 10.6 Å². The highest BCUT2D eigenvalue weighted by Gasteiger charge is 2.43. The van der Waals surface area contributed by atoms with E-state index in [1.165, 1.54) is 32.1 Å². The van der Waals surface area contributed by atoms with Gasteiger partial charge in [-0.15, -0.1) is 0 Å². The lowest BCUT2D eigenvalue weighted by Crippen LogP contribution is -2.62. The lowest BCUT2D eigenvalue weighted by atomic mass is 9.74. The number of hydrogen-bond acceptors (Lipinski definition) is 3. The highest BCUT2D eigenvalue weighted by molar-refractivity contribution is 5.01. The second-order valence-corrected chi connectivity index (χ2v) is 6.36. The Balaban J connectivity index is 2.74. The van der Waals surface area contributed by atoms with Crippen LogP contribution in [0, 0.1) is 0 Å². The summed E-state index contributed by atoms with van der Waals surface area (Å²) >= 11 is 0. The van der Waals surface area contributed by atoms with Crippen LogP contribution in [0.5, 0.6) is 0 Å². The van der Waals surface area contributed by atoms with Crippen LogP contribution in [0.25, 0.3) is 0 Å². The standard InChI is InChI=1S/C15H33N3/c1-6-9-14(7-2,12-16)18(5)13-15(17(3)4)10-8-11-15/h6-13,16H2,1-5H3. The summed E-state index contributed by atoms with van der Waals surface area (Å²) in [5.41, 5.74) is 6.71. The normalized spacial score (nSPS) is 22.0. The maximum absolute atomic E-state index is 6.10. The van der Waals surface area contributed by atoms with E-state index in [4.69, 9.17) is 5.73 Å². The van der Waals surface area contributed by atoms with Gasteiger partial charge >= 0.3 is 0 Å². The largest absolute Gasteiger partial charge is 0.329 e. The molecule has 18 heavy (non-hydrogen) atoms. The van der Waals surface area contributed by atoms with Crippen molar-refractivity contribution in [2.45, 2.75) is 63.5 Å². The van der Waals surface area contributed by atoms with E-state index in [1.807, 2.05) is 0 Å². The third-order valence-electron chi connectivity index (χ3n) is 5.33. The van der Waals surface area contributed by atoms with Gasteiger partial charge in [-0.3, -0.25) is 4.90 Å². The molecule has 3 nitrogen and oxygen atoms in total. The zero-order valence-corrected chi connectivity index (χ0v) is 13.1. The number of nitrogens with zero attached hydrogens (tertiary/aromatic N) is 2. The second-order valence-electron chi connectivity index (χ2n) is 6.36. The van der Waals surface area contributed by atoms with Crippen molar-refractivity contribution < 1.29 is 0 Å². The summed E-state index contributed by atoms with van der Waals surface area (Å²) in [6.07, 6.45) is 7.62. The summed E-state index contributed by atoms with van der Waals surface area (Å²) in [5.74, 6) is 0. The number of likely N-dealkylation sites (N-methyl/N-ethyl adjacent to an activating group) is 2. The minimum absolute atomic E-state index is 0.202. The number of rotatable bonds is 8. The minimum Gasteiger partial charge on any atom is -0.329 e. The van der Waals surface area contributed by atoms with Crippen molar-refractivity contribution in [3.63, 3.8) is 0 Å². The first-order chi connectivity index (χ1) is 8.46. The van der Waals surface area contributed by atoms with Gasteiger partial charge in [-0.05, 0) is 53.2 Å². The quantitative estimate of drug-likeness (QED) is 0.722. The van der Waals surface area contributed by atoms with E-state index >= 15 is 0 Å². The Hall–Kier alpha value is -0.120. The SMILES string of the molecule is CCCC(CC)(CN)N(C)CC1(N(C)C)CCC1. The molecule has 0 saturated heterocycles. The first kappa shape index (κ1) is 15.9. The molecule has 0 aromatic rings. The molecule has 1 atom stereocenters. The number of nitrogens with two attached hydrogens (primary N) is 1. The molecule has 2 N–H and O–H groups in total. The van der Waals surface area contributed by atoms with Gasteiger partial charge in [0.25, 0.3) is 0 Å². The fraction of sp³-hybridized carbons (Fsp3) is 1.00. The Morgan fingerprint density at radius 2 is 1.78 bits per heavy atom. The highest BCUT2D eigenvalue weighted by atomic mass is 15.3. The van der Waals surface area contributed by atoms with Gasteiger partial charge in [-0.25, -0.2) is 0 Å². The zero-order valence-electron chi connectivity index (χ0n) is 13.1. The predicted octanol–water partition coefficient (Wildman–Crippen LogP) is 2.31. The fourth-order valence-corrected chi connectivity index (χ4v) is 3.45. The topological polar surface area (TPSA) is 32.5 Å². The van der Waals surface area contributed by atoms with Gasteiger partial charge in [0.05, 0.1) is 0 Å². The first-order valence-corrected chi connectivity index (χ1v) is 7.55. The van der Waals surface area contributed by atoms with Crippen LogP contribution in [0.3, 0.4) is 0 Å². The van der Waals surface area contributed by atoms with Crippen molar-refractivity contribution in [2.75, 3.05) is 34.2 Å². The summed E-state index contributed by atoms with van der Waals surface area (Å²) in [4.78, 5) is 4.98. The van der Waals surface area contributed by atoms with Crippen LogP contribution in [-0.2, 0) is 0 Å². The predicted molar refractivity (Wildman–Crippen MR) is 79.9 cm³/mol. The Morgan fingerprint density at radius 3 is 2.06 bits per heavy atom. The van der Waals surface area contributed by atoms with Gasteiger partial charge in [-0.1, -0.05) is 20.3 Å². The Bertz CT molecular complexity index is 242. The zero-order chi connectivity index (χ0) is 13.8. The van der Waals surface area contributed by atoms with Crippen molar-refractivity contribution in [1.82, 2.24) is 9.80 Å². The van der Waals surface area contributed by atoms with Crippen molar-refractivity contribution >= 4 is 0 Å². The molecule has 0 amide bonds. The molecular formula is C15H33N3. The molecular weight excluding hydrogens is 222 g/mol. The van der Waals surface area contributed by atoms with E-state index in [2.05, 4.69) is 44.8 Å². The summed E-state index contributed by atoms with van der Waals surface area (Å²) in [7, 11) is 6.72. The summed E-state index contributed by atoms with van der Waals surface area (Å²) in [6, 6.07) is 0. The van der Waals surface area contributed by atoms with Crippen LogP contribution >= 0.6 is 0 Å². The Kier molecular flexibility index (Phi) is 5.63. The molecule has 1 fully saturated rings. The van der Waals surface area contributed by atoms with Gasteiger partial charge in [0.15, 0.2) is 0 Å². The third kappa shape index (κ3) is 2.89. The van der Waals surface area contributed by atoms with Crippen LogP contribution in [0.2, 0.25) is 0 Å². The van der Waals surface area contributed by atoms with Crippen molar-refractivity contribution in [3.8, 4) is 0 Å². The van der Waals surface area contributed by atoms with Gasteiger partial charge in [0, 0.05) is 24.2 Å². The van der Waals surface area contributed by atoms with Crippen LogP contribution < -0.4 is 5.73 Å². The molecule has 0 aromatic carbocycles. The summed E-state index contributed by atoms with van der Waals surface area (Å²) in [6.45, 7) is 6.48. The van der Waals surface area contributed by atoms with Gasteiger partial charge in [0.1, 0.15) is 0 Å². The Labute approximate surface area is 114 Å². The molecule has 1 aliphatic rings. The molecule has 0 spiro atoms. The maximum Gasteiger partial charge on any atom is 0.0330 e. The molecule has 1 rings (SSSR count). The molecule has 108 valence electrons. The summed E-state index contributed by atoms with van der Waals surface area (Å²) < 4.78 is 0. The average molecular weight is 255 g/mol. The maximum atomic E-state index is 6.10. The van der Waals surface area contributed by atoms with Crippen molar-refractivity contribution in [3.05, 3.63) is 0 Å². The van der Waals surface area contributed by atoms with E-state index < -0.39 is 0 Å². The van der Waals surface area contributed by atoms with E-state index in [0.717, 1.165) is 19.5 Å². The lowest BCUT2D eigenvalue weighted by Gasteiger charge is -2.53. The third-order valence-corrected chi connectivity index (χ3v) is 5.33. The molecule has 3 heteroatoms. The van der Waals surface area contributed by atoms with E-state index in [0.29, 0.717) is 5.54 Å². The van der Waals surface area contributed by atoms with E-state index in [1.54, 1.807) is 0 Å². The molecule has 1 saturated carbocycles. The fourth-order valence-electron chi connectivity index (χ4n) is 3.45. The highest BCUT2D eigenvalue weighted by Crippen LogP contribution is 2.38. The first-order valence-electron chi connectivity index (χ1n) is 7.55. The molecule has 0 radical (unpaired) electrons. The lowest BCUT2D eigenvalue weighted by molar-refractivity contribution is -0.0117. The van der Waals surface area contributed by atoms with Gasteiger partial charge in [0.2, 0.25) is 0 Å². The van der Waals surface area contributed by atoms with Crippen molar-refractivity contribution in [2.24, 2.45) is 5.73 Å². The molecule has 1 unspecified atom stereocenters. The smallest absolute Gasteiger partial charge is 0.0330 e. The second kappa shape index (κ2) is 6.36. The number of hydrogen-bond donors (Lipinski definition) is 1. The van der Waals surface area contributed by atoms with Crippen LogP contribution in [0.15, 0.2) is 0 Å². The monoisotopic (exact) mass is 255 g/mol. The van der Waals surface area contributed by atoms with Crippen LogP contribution in [0.4, 0.5) is 0 Å². The molecule has 1 aliphatic carbocycles. The van der Waals surface area contributed by atoms with Crippen molar-refractivity contribution in [1.29, 1.82) is 0 Å². The molecule has 0 bridgehead atoms.